The molecule has 4 nitrogen and oxygen atoms in total. The molecule has 0 aromatic heterocycles. The van der Waals surface area contributed by atoms with E-state index in [1.54, 1.807) is 18.3 Å². The third-order valence-electron chi connectivity index (χ3n) is 2.50. The van der Waals surface area contributed by atoms with E-state index in [-0.39, 0.29) is 12.5 Å². The Morgan fingerprint density at radius 2 is 1.80 bits per heavy atom. The number of hydrogen-bond donors (Lipinski definition) is 2. The third kappa shape index (κ3) is 4.74. The molecule has 0 aliphatic heterocycles. The number of benzene rings is 2. The highest BCUT2D eigenvalue weighted by molar-refractivity contribution is 6.30. The van der Waals surface area contributed by atoms with Gasteiger partial charge in [0, 0.05) is 10.7 Å². The molecule has 2 N–H and O–H groups in total. The van der Waals surface area contributed by atoms with Crippen LogP contribution in [0.4, 0.5) is 5.69 Å². The van der Waals surface area contributed by atoms with Crippen LogP contribution in [-0.2, 0) is 4.79 Å². The highest BCUT2D eigenvalue weighted by Crippen LogP contribution is 2.12. The molecule has 2 rings (SSSR count). The van der Waals surface area contributed by atoms with Crippen LogP contribution in [0.1, 0.15) is 5.56 Å². The summed E-state index contributed by atoms with van der Waals surface area (Å²) in [5, 5.41) is 7.52. The van der Waals surface area contributed by atoms with Gasteiger partial charge in [-0.1, -0.05) is 41.9 Å². The van der Waals surface area contributed by atoms with Gasteiger partial charge < -0.3 is 5.32 Å². The van der Waals surface area contributed by atoms with Gasteiger partial charge in [-0.25, -0.2) is 5.43 Å². The zero-order valence-electron chi connectivity index (χ0n) is 10.7. The smallest absolute Gasteiger partial charge is 0.259 e. The molecule has 0 aliphatic carbocycles. The topological polar surface area (TPSA) is 53.5 Å². The first-order valence-corrected chi connectivity index (χ1v) is 6.48. The number of hydrogen-bond acceptors (Lipinski definition) is 3. The Hall–Kier alpha value is -2.33. The van der Waals surface area contributed by atoms with Gasteiger partial charge in [-0.2, -0.15) is 5.10 Å². The number of anilines is 1. The van der Waals surface area contributed by atoms with Crippen molar-refractivity contribution < 1.29 is 4.79 Å². The Kier molecular flexibility index (Phi) is 5.15. The third-order valence-corrected chi connectivity index (χ3v) is 2.75. The molecule has 2 aromatic carbocycles. The number of carbonyl (C=O) groups is 1. The van der Waals surface area contributed by atoms with Gasteiger partial charge in [0.2, 0.25) is 0 Å². The van der Waals surface area contributed by atoms with Crippen molar-refractivity contribution in [2.45, 2.75) is 0 Å². The van der Waals surface area contributed by atoms with Gasteiger partial charge in [-0.3, -0.25) is 4.79 Å². The number of carbonyl (C=O) groups excluding carboxylic acids is 1. The van der Waals surface area contributed by atoms with Gasteiger partial charge in [0.25, 0.3) is 5.91 Å². The molecular weight excluding hydrogens is 274 g/mol. The molecule has 1 amide bonds. The van der Waals surface area contributed by atoms with Crippen LogP contribution >= 0.6 is 11.6 Å². The highest BCUT2D eigenvalue weighted by atomic mass is 35.5. The van der Waals surface area contributed by atoms with E-state index in [4.69, 9.17) is 11.6 Å². The lowest BCUT2D eigenvalue weighted by Gasteiger charge is -2.04. The number of halogens is 1. The Balaban J connectivity index is 1.76. The molecule has 0 heterocycles. The maximum atomic E-state index is 11.6. The van der Waals surface area contributed by atoms with Crippen LogP contribution in [0.5, 0.6) is 0 Å². The molecule has 5 heteroatoms. The first-order valence-electron chi connectivity index (χ1n) is 6.10. The first-order chi connectivity index (χ1) is 9.74. The van der Waals surface area contributed by atoms with E-state index >= 15 is 0 Å². The average Bonchev–Trinajstić information content (AvgIpc) is 2.48. The zero-order valence-corrected chi connectivity index (χ0v) is 11.5. The average molecular weight is 288 g/mol. The summed E-state index contributed by atoms with van der Waals surface area (Å²) in [5.74, 6) is -0.216. The Bertz CT molecular complexity index is 582. The van der Waals surface area contributed by atoms with Crippen molar-refractivity contribution in [3.63, 3.8) is 0 Å². The summed E-state index contributed by atoms with van der Waals surface area (Å²) in [7, 11) is 0. The standard InChI is InChI=1S/C15H14ClN3O/c16-13-6-8-14(9-7-13)17-11-15(20)19-18-10-12-4-2-1-3-5-12/h1-10,17H,11H2,(H,19,20)/b18-10+. The lowest BCUT2D eigenvalue weighted by atomic mass is 10.2. The van der Waals surface area contributed by atoms with E-state index < -0.39 is 0 Å². The van der Waals surface area contributed by atoms with E-state index in [9.17, 15) is 4.79 Å². The lowest BCUT2D eigenvalue weighted by Crippen LogP contribution is -2.25. The minimum atomic E-state index is -0.216. The minimum absolute atomic E-state index is 0.147. The molecule has 0 fully saturated rings. The van der Waals surface area contributed by atoms with E-state index in [1.807, 2.05) is 42.5 Å². The van der Waals surface area contributed by atoms with Crippen molar-refractivity contribution in [1.29, 1.82) is 0 Å². The molecular formula is C15H14ClN3O. The van der Waals surface area contributed by atoms with E-state index in [1.165, 1.54) is 0 Å². The first kappa shape index (κ1) is 14.1. The minimum Gasteiger partial charge on any atom is -0.376 e. The number of rotatable bonds is 5. The fraction of sp³-hybridized carbons (Fsp3) is 0.0667. The van der Waals surface area contributed by atoms with Crippen molar-refractivity contribution >= 4 is 29.4 Å². The molecule has 0 aliphatic rings. The fourth-order valence-corrected chi connectivity index (χ4v) is 1.63. The van der Waals surface area contributed by atoms with Gasteiger partial charge >= 0.3 is 0 Å². The summed E-state index contributed by atoms with van der Waals surface area (Å²) < 4.78 is 0. The molecule has 0 saturated heterocycles. The molecule has 2 aromatic rings. The van der Waals surface area contributed by atoms with E-state index in [0.717, 1.165) is 11.3 Å². The predicted molar refractivity (Wildman–Crippen MR) is 82.1 cm³/mol. The summed E-state index contributed by atoms with van der Waals surface area (Å²) in [6.07, 6.45) is 1.60. The summed E-state index contributed by atoms with van der Waals surface area (Å²) in [5.41, 5.74) is 4.21. The molecule has 0 radical (unpaired) electrons. The van der Waals surface area contributed by atoms with Crippen LogP contribution in [0.15, 0.2) is 59.7 Å². The van der Waals surface area contributed by atoms with Gasteiger partial charge in [0.05, 0.1) is 12.8 Å². The highest BCUT2D eigenvalue weighted by Gasteiger charge is 1.99. The predicted octanol–water partition coefficient (Wildman–Crippen LogP) is 2.90. The van der Waals surface area contributed by atoms with Gasteiger partial charge in [-0.15, -0.1) is 0 Å². The van der Waals surface area contributed by atoms with Crippen molar-refractivity contribution in [1.82, 2.24) is 5.43 Å². The van der Waals surface area contributed by atoms with Gasteiger partial charge in [0.1, 0.15) is 0 Å². The maximum absolute atomic E-state index is 11.6. The van der Waals surface area contributed by atoms with Crippen LogP contribution in [0, 0.1) is 0 Å². The maximum Gasteiger partial charge on any atom is 0.259 e. The van der Waals surface area contributed by atoms with Crippen LogP contribution < -0.4 is 10.7 Å². The quantitative estimate of drug-likeness (QED) is 0.656. The molecule has 0 atom stereocenters. The SMILES string of the molecule is O=C(CNc1ccc(Cl)cc1)N/N=C/c1ccccc1. The summed E-state index contributed by atoms with van der Waals surface area (Å²) in [6.45, 7) is 0.147. The molecule has 102 valence electrons. The van der Waals surface area contributed by atoms with Crippen molar-refractivity contribution in [3.8, 4) is 0 Å². The summed E-state index contributed by atoms with van der Waals surface area (Å²) in [6, 6.07) is 16.7. The second-order valence-electron chi connectivity index (χ2n) is 4.06. The molecule has 0 bridgehead atoms. The Labute approximate surface area is 122 Å². The molecule has 0 spiro atoms. The van der Waals surface area contributed by atoms with Crippen LogP contribution in [0.2, 0.25) is 5.02 Å². The zero-order chi connectivity index (χ0) is 14.2. The summed E-state index contributed by atoms with van der Waals surface area (Å²) >= 11 is 5.77. The lowest BCUT2D eigenvalue weighted by molar-refractivity contribution is -0.119. The van der Waals surface area contributed by atoms with Crippen LogP contribution in [0.25, 0.3) is 0 Å². The summed E-state index contributed by atoms with van der Waals surface area (Å²) in [4.78, 5) is 11.6. The van der Waals surface area contributed by atoms with Crippen molar-refractivity contribution in [2.75, 3.05) is 11.9 Å². The Morgan fingerprint density at radius 1 is 1.10 bits per heavy atom. The molecule has 20 heavy (non-hydrogen) atoms. The fourth-order valence-electron chi connectivity index (χ4n) is 1.51. The number of nitrogens with zero attached hydrogens (tertiary/aromatic N) is 1. The van der Waals surface area contributed by atoms with Gasteiger partial charge in [-0.05, 0) is 29.8 Å². The second kappa shape index (κ2) is 7.31. The number of nitrogens with one attached hydrogen (secondary N) is 2. The number of hydrazone groups is 1. The Morgan fingerprint density at radius 3 is 2.50 bits per heavy atom. The second-order valence-corrected chi connectivity index (χ2v) is 4.50. The monoisotopic (exact) mass is 287 g/mol. The van der Waals surface area contributed by atoms with Crippen LogP contribution in [0.3, 0.4) is 0 Å². The normalized spacial score (nSPS) is 10.4. The molecule has 0 saturated carbocycles. The van der Waals surface area contributed by atoms with Crippen molar-refractivity contribution in [2.24, 2.45) is 5.10 Å². The van der Waals surface area contributed by atoms with Gasteiger partial charge in [0.15, 0.2) is 0 Å². The largest absolute Gasteiger partial charge is 0.376 e. The van der Waals surface area contributed by atoms with Crippen LogP contribution in [-0.4, -0.2) is 18.7 Å². The van der Waals surface area contributed by atoms with Crippen molar-refractivity contribution in [3.05, 3.63) is 65.2 Å². The van der Waals surface area contributed by atoms with E-state index in [2.05, 4.69) is 15.8 Å². The number of amides is 1. The van der Waals surface area contributed by atoms with E-state index in [0.29, 0.717) is 5.02 Å². The molecule has 0 unspecified atom stereocenters.